The maximum absolute atomic E-state index is 5.53. The molecule has 0 radical (unpaired) electrons. The van der Waals surface area contributed by atoms with Gasteiger partial charge in [0.25, 0.3) is 0 Å². The Kier molecular flexibility index (Phi) is 3.61. The van der Waals surface area contributed by atoms with E-state index in [-0.39, 0.29) is 0 Å². The fourth-order valence-electron chi connectivity index (χ4n) is 2.86. The molecular formula is C17H19NO2. The smallest absolute Gasteiger partial charge is 0.130 e. The van der Waals surface area contributed by atoms with Gasteiger partial charge in [-0.1, -0.05) is 24.3 Å². The third-order valence-corrected chi connectivity index (χ3v) is 3.84. The molecule has 2 aromatic rings. The zero-order valence-electron chi connectivity index (χ0n) is 11.9. The van der Waals surface area contributed by atoms with Crippen LogP contribution in [0.2, 0.25) is 0 Å². The lowest BCUT2D eigenvalue weighted by Crippen LogP contribution is -2.24. The second-order valence-corrected chi connectivity index (χ2v) is 4.91. The molecule has 3 nitrogen and oxygen atoms in total. The Bertz CT molecular complexity index is 600. The van der Waals surface area contributed by atoms with Crippen molar-refractivity contribution in [3.05, 3.63) is 47.5 Å². The number of ether oxygens (including phenoxy) is 2. The minimum Gasteiger partial charge on any atom is -0.496 e. The average molecular weight is 269 g/mol. The molecule has 1 aliphatic heterocycles. The van der Waals surface area contributed by atoms with Crippen molar-refractivity contribution in [1.82, 2.24) is 5.32 Å². The van der Waals surface area contributed by atoms with Crippen LogP contribution in [0.15, 0.2) is 36.4 Å². The Labute approximate surface area is 119 Å². The summed E-state index contributed by atoms with van der Waals surface area (Å²) in [5, 5.41) is 3.44. The Balaban J connectivity index is 2.23. The molecule has 0 saturated carbocycles. The highest BCUT2D eigenvalue weighted by molar-refractivity contribution is 5.80. The zero-order chi connectivity index (χ0) is 13.9. The predicted octanol–water partition coefficient (Wildman–Crippen LogP) is 3.02. The number of hydrogen-bond acceptors (Lipinski definition) is 3. The second kappa shape index (κ2) is 5.55. The van der Waals surface area contributed by atoms with E-state index in [1.807, 2.05) is 18.2 Å². The van der Waals surface area contributed by atoms with E-state index in [1.54, 1.807) is 14.2 Å². The van der Waals surface area contributed by atoms with Crippen LogP contribution in [0, 0.1) is 0 Å². The first-order valence-electron chi connectivity index (χ1n) is 6.88. The summed E-state index contributed by atoms with van der Waals surface area (Å²) >= 11 is 0. The summed E-state index contributed by atoms with van der Waals surface area (Å²) in [6.07, 6.45) is 1.07. The molecule has 2 aromatic carbocycles. The molecule has 3 rings (SSSR count). The first-order valence-corrected chi connectivity index (χ1v) is 6.88. The lowest BCUT2D eigenvalue weighted by Gasteiger charge is -2.22. The van der Waals surface area contributed by atoms with Gasteiger partial charge in [0.1, 0.15) is 11.5 Å². The summed E-state index contributed by atoms with van der Waals surface area (Å²) in [5.41, 5.74) is 5.00. The van der Waals surface area contributed by atoms with Gasteiger partial charge in [-0.05, 0) is 41.8 Å². The second-order valence-electron chi connectivity index (χ2n) is 4.91. The van der Waals surface area contributed by atoms with Crippen LogP contribution in [0.3, 0.4) is 0 Å². The fourth-order valence-corrected chi connectivity index (χ4v) is 2.86. The topological polar surface area (TPSA) is 30.5 Å². The number of methoxy groups -OCH3 is 2. The van der Waals surface area contributed by atoms with Crippen LogP contribution in [-0.2, 0) is 13.0 Å². The van der Waals surface area contributed by atoms with Crippen molar-refractivity contribution >= 4 is 0 Å². The molecule has 0 bridgehead atoms. The molecular weight excluding hydrogens is 250 g/mol. The highest BCUT2D eigenvalue weighted by atomic mass is 16.5. The molecule has 0 aromatic heterocycles. The number of nitrogens with one attached hydrogen (secondary N) is 1. The minimum atomic E-state index is 0.850. The van der Waals surface area contributed by atoms with Crippen LogP contribution in [0.25, 0.3) is 11.1 Å². The maximum atomic E-state index is 5.53. The summed E-state index contributed by atoms with van der Waals surface area (Å²) in [7, 11) is 3.40. The molecule has 0 unspecified atom stereocenters. The lowest BCUT2D eigenvalue weighted by atomic mass is 9.91. The van der Waals surface area contributed by atoms with Crippen molar-refractivity contribution in [3.63, 3.8) is 0 Å². The van der Waals surface area contributed by atoms with Gasteiger partial charge in [-0.2, -0.15) is 0 Å². The summed E-state index contributed by atoms with van der Waals surface area (Å²) in [5.74, 6) is 1.70. The van der Waals surface area contributed by atoms with Gasteiger partial charge in [0.2, 0.25) is 0 Å². The molecule has 1 heterocycles. The molecule has 0 saturated heterocycles. The number of rotatable bonds is 3. The SMILES string of the molecule is COc1cccc(OC)c1-c1cccc2c1CNCC2. The minimum absolute atomic E-state index is 0.850. The van der Waals surface area contributed by atoms with Crippen molar-refractivity contribution in [2.45, 2.75) is 13.0 Å². The molecule has 0 aliphatic carbocycles. The molecule has 0 spiro atoms. The average Bonchev–Trinajstić information content (AvgIpc) is 2.53. The zero-order valence-corrected chi connectivity index (χ0v) is 11.9. The van der Waals surface area contributed by atoms with E-state index < -0.39 is 0 Å². The molecule has 3 heteroatoms. The molecule has 0 amide bonds. The molecule has 20 heavy (non-hydrogen) atoms. The summed E-state index contributed by atoms with van der Waals surface area (Å²) in [6, 6.07) is 12.4. The van der Waals surface area contributed by atoms with Crippen LogP contribution in [0.1, 0.15) is 11.1 Å². The van der Waals surface area contributed by atoms with E-state index >= 15 is 0 Å². The van der Waals surface area contributed by atoms with E-state index in [0.29, 0.717) is 0 Å². The van der Waals surface area contributed by atoms with E-state index in [0.717, 1.165) is 36.6 Å². The third kappa shape index (κ3) is 2.14. The molecule has 1 N–H and O–H groups in total. The van der Waals surface area contributed by atoms with Crippen molar-refractivity contribution in [2.75, 3.05) is 20.8 Å². The Morgan fingerprint density at radius 2 is 1.65 bits per heavy atom. The first kappa shape index (κ1) is 13.0. The van der Waals surface area contributed by atoms with Gasteiger partial charge in [0.15, 0.2) is 0 Å². The van der Waals surface area contributed by atoms with Crippen molar-refractivity contribution < 1.29 is 9.47 Å². The summed E-state index contributed by atoms with van der Waals surface area (Å²) in [6.45, 7) is 1.94. The molecule has 0 atom stereocenters. The fraction of sp³-hybridized carbons (Fsp3) is 0.294. The standard InChI is InChI=1S/C17H19NO2/c1-19-15-7-4-8-16(20-2)17(15)13-6-3-5-12-9-10-18-11-14(12)13/h3-8,18H,9-11H2,1-2H3. The van der Waals surface area contributed by atoms with Gasteiger partial charge in [-0.15, -0.1) is 0 Å². The first-order chi connectivity index (χ1) is 9.85. The Morgan fingerprint density at radius 3 is 2.35 bits per heavy atom. The van der Waals surface area contributed by atoms with Crippen LogP contribution >= 0.6 is 0 Å². The maximum Gasteiger partial charge on any atom is 0.130 e. The largest absolute Gasteiger partial charge is 0.496 e. The highest BCUT2D eigenvalue weighted by Gasteiger charge is 2.19. The number of fused-ring (bicyclic) bond motifs is 1. The van der Waals surface area contributed by atoms with Crippen LogP contribution in [-0.4, -0.2) is 20.8 Å². The van der Waals surface area contributed by atoms with Gasteiger partial charge in [0, 0.05) is 6.54 Å². The lowest BCUT2D eigenvalue weighted by molar-refractivity contribution is 0.397. The van der Waals surface area contributed by atoms with Crippen LogP contribution < -0.4 is 14.8 Å². The van der Waals surface area contributed by atoms with Gasteiger partial charge in [-0.3, -0.25) is 0 Å². The van der Waals surface area contributed by atoms with E-state index in [4.69, 9.17) is 9.47 Å². The normalized spacial score (nSPS) is 13.7. The van der Waals surface area contributed by atoms with Crippen LogP contribution in [0.4, 0.5) is 0 Å². The summed E-state index contributed by atoms with van der Waals surface area (Å²) < 4.78 is 11.1. The molecule has 0 fully saturated rings. The monoisotopic (exact) mass is 269 g/mol. The van der Waals surface area contributed by atoms with Crippen molar-refractivity contribution in [2.24, 2.45) is 0 Å². The van der Waals surface area contributed by atoms with Crippen molar-refractivity contribution in [1.29, 1.82) is 0 Å². The van der Waals surface area contributed by atoms with Gasteiger partial charge in [-0.25, -0.2) is 0 Å². The van der Waals surface area contributed by atoms with E-state index in [2.05, 4.69) is 23.5 Å². The van der Waals surface area contributed by atoms with E-state index in [1.165, 1.54) is 16.7 Å². The Hall–Kier alpha value is -2.00. The van der Waals surface area contributed by atoms with Crippen molar-refractivity contribution in [3.8, 4) is 22.6 Å². The quantitative estimate of drug-likeness (QED) is 0.929. The number of benzene rings is 2. The highest BCUT2D eigenvalue weighted by Crippen LogP contribution is 2.41. The molecule has 104 valence electrons. The molecule has 1 aliphatic rings. The van der Waals surface area contributed by atoms with E-state index in [9.17, 15) is 0 Å². The van der Waals surface area contributed by atoms with Gasteiger partial charge < -0.3 is 14.8 Å². The van der Waals surface area contributed by atoms with Gasteiger partial charge >= 0.3 is 0 Å². The van der Waals surface area contributed by atoms with Gasteiger partial charge in [0.05, 0.1) is 19.8 Å². The number of hydrogen-bond donors (Lipinski definition) is 1. The third-order valence-electron chi connectivity index (χ3n) is 3.84. The van der Waals surface area contributed by atoms with Crippen LogP contribution in [0.5, 0.6) is 11.5 Å². The predicted molar refractivity (Wildman–Crippen MR) is 80.4 cm³/mol. The summed E-state index contributed by atoms with van der Waals surface area (Å²) in [4.78, 5) is 0. The Morgan fingerprint density at radius 1 is 0.950 bits per heavy atom.